The lowest BCUT2D eigenvalue weighted by Crippen LogP contribution is -2.48. The Bertz CT molecular complexity index is 400. The first-order valence-corrected chi connectivity index (χ1v) is 7.84. The van der Waals surface area contributed by atoms with Gasteiger partial charge in [0, 0.05) is 17.8 Å². The second-order valence-electron chi connectivity index (χ2n) is 5.13. The van der Waals surface area contributed by atoms with Crippen molar-refractivity contribution in [2.24, 2.45) is 0 Å². The predicted octanol–water partition coefficient (Wildman–Crippen LogP) is 2.79. The molecule has 0 saturated heterocycles. The molecule has 0 aliphatic rings. The Hall–Kier alpha value is -0.390. The van der Waals surface area contributed by atoms with E-state index in [0.717, 1.165) is 42.5 Å². The Morgan fingerprint density at radius 1 is 1.37 bits per heavy atom. The molecule has 0 saturated carbocycles. The summed E-state index contributed by atoms with van der Waals surface area (Å²) in [4.78, 5) is 0. The normalized spacial score (nSPS) is 14.6. The van der Waals surface area contributed by atoms with E-state index in [4.69, 9.17) is 0 Å². The molecule has 19 heavy (non-hydrogen) atoms. The van der Waals surface area contributed by atoms with Gasteiger partial charge >= 0.3 is 0 Å². The van der Waals surface area contributed by atoms with E-state index in [1.54, 1.807) is 0 Å². The Morgan fingerprint density at radius 3 is 2.47 bits per heavy atom. The van der Waals surface area contributed by atoms with E-state index >= 15 is 0 Å². The van der Waals surface area contributed by atoms with Crippen LogP contribution in [0.4, 0.5) is 0 Å². The molecule has 110 valence electrons. The third-order valence-electron chi connectivity index (χ3n) is 3.85. The monoisotopic (exact) mass is 331 g/mol. The molecule has 0 aliphatic heterocycles. The minimum absolute atomic E-state index is 0.137. The Labute approximate surface area is 124 Å². The third-order valence-corrected chi connectivity index (χ3v) is 5.00. The molecule has 1 heterocycles. The van der Waals surface area contributed by atoms with Gasteiger partial charge in [0.2, 0.25) is 0 Å². The summed E-state index contributed by atoms with van der Waals surface area (Å²) in [7, 11) is 0. The largest absolute Gasteiger partial charge is 0.394 e. The number of likely N-dealkylation sites (N-methyl/N-ethyl adjacent to an activating group) is 1. The first kappa shape index (κ1) is 16.7. The number of aliphatic hydroxyl groups excluding tert-OH is 1. The highest BCUT2D eigenvalue weighted by Crippen LogP contribution is 2.22. The number of nitrogens with zero attached hydrogens (tertiary/aromatic N) is 2. The summed E-state index contributed by atoms with van der Waals surface area (Å²) < 4.78 is 3.14. The van der Waals surface area contributed by atoms with E-state index in [1.807, 2.05) is 11.6 Å². The molecule has 5 heteroatoms. The molecule has 1 aromatic rings. The molecule has 1 atom stereocenters. The number of aromatic nitrogens is 2. The van der Waals surface area contributed by atoms with E-state index in [-0.39, 0.29) is 12.1 Å². The molecule has 0 spiro atoms. The highest BCUT2D eigenvalue weighted by atomic mass is 79.9. The number of nitrogens with one attached hydrogen (secondary N) is 1. The van der Waals surface area contributed by atoms with Crippen molar-refractivity contribution in [2.75, 3.05) is 13.2 Å². The first-order chi connectivity index (χ1) is 8.99. The zero-order valence-electron chi connectivity index (χ0n) is 12.5. The van der Waals surface area contributed by atoms with Crippen LogP contribution in [-0.4, -0.2) is 33.6 Å². The Balaban J connectivity index is 2.59. The van der Waals surface area contributed by atoms with Crippen molar-refractivity contribution in [1.29, 1.82) is 0 Å². The van der Waals surface area contributed by atoms with Gasteiger partial charge < -0.3 is 10.4 Å². The lowest BCUT2D eigenvalue weighted by atomic mass is 9.91. The van der Waals surface area contributed by atoms with Crippen LogP contribution in [0.15, 0.2) is 4.47 Å². The molecule has 0 aliphatic carbocycles. The van der Waals surface area contributed by atoms with Gasteiger partial charge in [-0.15, -0.1) is 0 Å². The smallest absolute Gasteiger partial charge is 0.0738 e. The van der Waals surface area contributed by atoms with Gasteiger partial charge in [-0.2, -0.15) is 5.10 Å². The molecule has 0 bridgehead atoms. The minimum atomic E-state index is -0.137. The summed E-state index contributed by atoms with van der Waals surface area (Å²) in [6.45, 7) is 10.3. The molecule has 1 rings (SSSR count). The highest BCUT2D eigenvalue weighted by Gasteiger charge is 2.25. The summed E-state index contributed by atoms with van der Waals surface area (Å²) in [5, 5.41) is 17.6. The van der Waals surface area contributed by atoms with Gasteiger partial charge in [0.25, 0.3) is 0 Å². The second kappa shape index (κ2) is 7.41. The van der Waals surface area contributed by atoms with Crippen LogP contribution >= 0.6 is 15.9 Å². The van der Waals surface area contributed by atoms with E-state index in [0.29, 0.717) is 0 Å². The summed E-state index contributed by atoms with van der Waals surface area (Å²) >= 11 is 3.55. The quantitative estimate of drug-likeness (QED) is 0.770. The number of halogens is 1. The van der Waals surface area contributed by atoms with Gasteiger partial charge in [-0.25, -0.2) is 0 Å². The molecule has 0 fully saturated rings. The zero-order chi connectivity index (χ0) is 14.5. The first-order valence-electron chi connectivity index (χ1n) is 7.05. The number of hydrogen-bond acceptors (Lipinski definition) is 3. The Morgan fingerprint density at radius 2 is 2.05 bits per heavy atom. The summed E-state index contributed by atoms with van der Waals surface area (Å²) in [5.41, 5.74) is 2.07. The standard InChI is InChI=1S/C14H26BrN3O/c1-5-14(10-19,16-6-2)8-7-9-18-12(4)13(15)11(3)17-18/h16,19H,5-10H2,1-4H3. The van der Waals surface area contributed by atoms with Crippen molar-refractivity contribution in [3.63, 3.8) is 0 Å². The highest BCUT2D eigenvalue weighted by molar-refractivity contribution is 9.10. The third kappa shape index (κ3) is 4.04. The second-order valence-corrected chi connectivity index (χ2v) is 5.93. The van der Waals surface area contributed by atoms with Gasteiger partial charge in [-0.1, -0.05) is 13.8 Å². The SMILES string of the molecule is CCNC(CC)(CO)CCCn1nc(C)c(Br)c1C. The predicted molar refractivity (Wildman–Crippen MR) is 82.4 cm³/mol. The zero-order valence-corrected chi connectivity index (χ0v) is 14.0. The fourth-order valence-corrected chi connectivity index (χ4v) is 2.76. The summed E-state index contributed by atoms with van der Waals surface area (Å²) in [6, 6.07) is 0. The molecule has 2 N–H and O–H groups in total. The van der Waals surface area contributed by atoms with E-state index in [9.17, 15) is 5.11 Å². The van der Waals surface area contributed by atoms with Crippen LogP contribution < -0.4 is 5.32 Å². The molecule has 0 amide bonds. The number of hydrogen-bond donors (Lipinski definition) is 2. The Kier molecular flexibility index (Phi) is 6.50. The molecule has 0 radical (unpaired) electrons. The number of aryl methyl sites for hydroxylation is 2. The molecule has 0 aromatic carbocycles. The lowest BCUT2D eigenvalue weighted by Gasteiger charge is -2.31. The van der Waals surface area contributed by atoms with Crippen LogP contribution in [0.5, 0.6) is 0 Å². The molecular formula is C14H26BrN3O. The van der Waals surface area contributed by atoms with Crippen molar-refractivity contribution in [3.05, 3.63) is 15.9 Å². The maximum atomic E-state index is 9.62. The molecule has 1 aromatic heterocycles. The van der Waals surface area contributed by atoms with Gasteiger partial charge in [0.15, 0.2) is 0 Å². The summed E-state index contributed by atoms with van der Waals surface area (Å²) in [5.74, 6) is 0. The topological polar surface area (TPSA) is 50.1 Å². The van der Waals surface area contributed by atoms with Gasteiger partial charge in [-0.3, -0.25) is 4.68 Å². The minimum Gasteiger partial charge on any atom is -0.394 e. The van der Waals surface area contributed by atoms with Crippen molar-refractivity contribution in [2.45, 2.75) is 59.0 Å². The van der Waals surface area contributed by atoms with Crippen LogP contribution in [0.3, 0.4) is 0 Å². The molecular weight excluding hydrogens is 306 g/mol. The van der Waals surface area contributed by atoms with Gasteiger partial charge in [0.1, 0.15) is 0 Å². The molecule has 1 unspecified atom stereocenters. The van der Waals surface area contributed by atoms with Gasteiger partial charge in [0.05, 0.1) is 16.8 Å². The van der Waals surface area contributed by atoms with Crippen LogP contribution in [-0.2, 0) is 6.54 Å². The van der Waals surface area contributed by atoms with Crippen molar-refractivity contribution in [1.82, 2.24) is 15.1 Å². The number of aliphatic hydroxyl groups is 1. The molecule has 4 nitrogen and oxygen atoms in total. The van der Waals surface area contributed by atoms with Crippen LogP contribution in [0, 0.1) is 13.8 Å². The summed E-state index contributed by atoms with van der Waals surface area (Å²) in [6.07, 6.45) is 2.91. The van der Waals surface area contributed by atoms with Crippen LogP contribution in [0.1, 0.15) is 44.5 Å². The fourth-order valence-electron chi connectivity index (χ4n) is 2.47. The van der Waals surface area contributed by atoms with E-state index < -0.39 is 0 Å². The van der Waals surface area contributed by atoms with Gasteiger partial charge in [-0.05, 0) is 55.6 Å². The van der Waals surface area contributed by atoms with Crippen molar-refractivity contribution >= 4 is 15.9 Å². The van der Waals surface area contributed by atoms with Crippen LogP contribution in [0.2, 0.25) is 0 Å². The van der Waals surface area contributed by atoms with Crippen LogP contribution in [0.25, 0.3) is 0 Å². The average Bonchev–Trinajstić information content (AvgIpc) is 2.65. The maximum Gasteiger partial charge on any atom is 0.0738 e. The number of rotatable bonds is 8. The van der Waals surface area contributed by atoms with Crippen molar-refractivity contribution < 1.29 is 5.11 Å². The van der Waals surface area contributed by atoms with E-state index in [1.165, 1.54) is 5.69 Å². The maximum absolute atomic E-state index is 9.62. The van der Waals surface area contributed by atoms with Crippen molar-refractivity contribution in [3.8, 4) is 0 Å². The fraction of sp³-hybridized carbons (Fsp3) is 0.786. The lowest BCUT2D eigenvalue weighted by molar-refractivity contribution is 0.144. The van der Waals surface area contributed by atoms with E-state index in [2.05, 4.69) is 47.1 Å². The average molecular weight is 332 g/mol.